The van der Waals surface area contributed by atoms with Gasteiger partial charge in [0, 0.05) is 29.4 Å². The van der Waals surface area contributed by atoms with E-state index in [4.69, 9.17) is 4.74 Å². The van der Waals surface area contributed by atoms with Gasteiger partial charge in [-0.25, -0.2) is 0 Å². The maximum atomic E-state index is 12.2. The Bertz CT molecular complexity index is 899. The first kappa shape index (κ1) is 17.5. The van der Waals surface area contributed by atoms with E-state index in [9.17, 15) is 25.3 Å². The highest BCUT2D eigenvalue weighted by Crippen LogP contribution is 2.25. The molecule has 0 aliphatic heterocycles. The summed E-state index contributed by atoms with van der Waals surface area (Å²) in [6, 6.07) is 11.5. The van der Waals surface area contributed by atoms with E-state index in [-0.39, 0.29) is 28.3 Å². The van der Waals surface area contributed by atoms with E-state index in [0.29, 0.717) is 5.75 Å². The number of hydrogen-bond donors (Lipinski definition) is 2. The minimum absolute atomic E-state index is 0.157. The first-order chi connectivity index (χ1) is 11.9. The second-order valence-electron chi connectivity index (χ2n) is 4.86. The minimum Gasteiger partial charge on any atom is -0.507 e. The van der Waals surface area contributed by atoms with Gasteiger partial charge in [-0.3, -0.25) is 14.9 Å². The largest absolute Gasteiger partial charge is 0.507 e. The lowest BCUT2D eigenvalue weighted by Gasteiger charge is -2.06. The van der Waals surface area contributed by atoms with Crippen LogP contribution < -0.4 is 10.1 Å². The fourth-order valence-corrected chi connectivity index (χ4v) is 1.97. The Morgan fingerprint density at radius 2 is 2.12 bits per heavy atom. The average molecular weight is 339 g/mol. The monoisotopic (exact) mass is 339 g/mol. The second-order valence-corrected chi connectivity index (χ2v) is 4.86. The number of non-ortho nitro benzene ring substituents is 1. The molecule has 126 valence electrons. The number of nitrogens with zero attached hydrogens (tertiary/aromatic N) is 2. The summed E-state index contributed by atoms with van der Waals surface area (Å²) in [5.41, 5.74) is -0.0223. The number of nitro benzene ring substituents is 1. The summed E-state index contributed by atoms with van der Waals surface area (Å²) in [4.78, 5) is 22.3. The predicted octanol–water partition coefficient (Wildman–Crippen LogP) is 2.85. The predicted molar refractivity (Wildman–Crippen MR) is 90.0 cm³/mol. The van der Waals surface area contributed by atoms with Crippen molar-refractivity contribution >= 4 is 23.4 Å². The fraction of sp³-hybridized carbons (Fsp3) is 0.0588. The topological polar surface area (TPSA) is 125 Å². The number of hydrogen-bond acceptors (Lipinski definition) is 6. The number of aromatic hydroxyl groups is 1. The molecule has 0 atom stereocenters. The first-order valence-corrected chi connectivity index (χ1v) is 6.99. The second kappa shape index (κ2) is 7.61. The number of methoxy groups -OCH3 is 1. The van der Waals surface area contributed by atoms with Crippen molar-refractivity contribution in [1.29, 1.82) is 5.26 Å². The summed E-state index contributed by atoms with van der Waals surface area (Å²) in [7, 11) is 1.44. The van der Waals surface area contributed by atoms with Crippen LogP contribution in [-0.2, 0) is 4.79 Å². The van der Waals surface area contributed by atoms with Crippen molar-refractivity contribution in [1.82, 2.24) is 0 Å². The lowest BCUT2D eigenvalue weighted by atomic mass is 10.1. The molecule has 0 spiro atoms. The van der Waals surface area contributed by atoms with E-state index in [1.165, 1.54) is 49.6 Å². The molecule has 0 aliphatic rings. The van der Waals surface area contributed by atoms with Crippen molar-refractivity contribution in [3.8, 4) is 17.6 Å². The number of phenols is 1. The summed E-state index contributed by atoms with van der Waals surface area (Å²) in [6.07, 6.45) is 1.21. The van der Waals surface area contributed by atoms with Gasteiger partial charge in [0.15, 0.2) is 0 Å². The smallest absolute Gasteiger partial charge is 0.271 e. The maximum absolute atomic E-state index is 12.2. The van der Waals surface area contributed by atoms with E-state index >= 15 is 0 Å². The zero-order valence-electron chi connectivity index (χ0n) is 13.1. The van der Waals surface area contributed by atoms with Crippen LogP contribution in [0.4, 0.5) is 11.4 Å². The summed E-state index contributed by atoms with van der Waals surface area (Å²) >= 11 is 0. The number of nitro groups is 1. The highest BCUT2D eigenvalue weighted by Gasteiger charge is 2.13. The van der Waals surface area contributed by atoms with E-state index in [0.717, 1.165) is 0 Å². The Morgan fingerprint density at radius 3 is 2.72 bits per heavy atom. The molecule has 0 unspecified atom stereocenters. The van der Waals surface area contributed by atoms with Gasteiger partial charge in [-0.2, -0.15) is 5.26 Å². The highest BCUT2D eigenvalue weighted by molar-refractivity contribution is 6.09. The molecule has 2 N–H and O–H groups in total. The first-order valence-electron chi connectivity index (χ1n) is 6.99. The number of benzene rings is 2. The number of nitrogens with one attached hydrogen (secondary N) is 1. The third-order valence-corrected chi connectivity index (χ3v) is 3.22. The minimum atomic E-state index is -0.752. The molecule has 0 aromatic heterocycles. The Balaban J connectivity index is 2.26. The van der Waals surface area contributed by atoms with Gasteiger partial charge in [-0.05, 0) is 24.3 Å². The van der Waals surface area contributed by atoms with Gasteiger partial charge in [0.05, 0.1) is 12.0 Å². The fourth-order valence-electron chi connectivity index (χ4n) is 1.97. The van der Waals surface area contributed by atoms with Crippen LogP contribution in [0.1, 0.15) is 5.56 Å². The van der Waals surface area contributed by atoms with Crippen LogP contribution in [0, 0.1) is 21.4 Å². The number of rotatable bonds is 5. The molecule has 0 radical (unpaired) electrons. The van der Waals surface area contributed by atoms with E-state index in [1.807, 2.05) is 0 Å². The van der Waals surface area contributed by atoms with Crippen molar-refractivity contribution in [3.05, 3.63) is 63.7 Å². The van der Waals surface area contributed by atoms with Crippen LogP contribution in [0.3, 0.4) is 0 Å². The Kier molecular flexibility index (Phi) is 5.32. The van der Waals surface area contributed by atoms with Gasteiger partial charge in [0.2, 0.25) is 0 Å². The molecule has 2 rings (SSSR count). The zero-order valence-corrected chi connectivity index (χ0v) is 13.1. The van der Waals surface area contributed by atoms with E-state index in [2.05, 4.69) is 5.32 Å². The SMILES string of the molecule is COc1ccc(/C=C(\C#N)C(=O)Nc2cccc([N+](=O)[O-])c2)c(O)c1. The normalized spacial score (nSPS) is 10.6. The van der Waals surface area contributed by atoms with Crippen molar-refractivity contribution in [2.45, 2.75) is 0 Å². The van der Waals surface area contributed by atoms with Gasteiger partial charge in [0.1, 0.15) is 23.1 Å². The van der Waals surface area contributed by atoms with Crippen molar-refractivity contribution in [2.24, 2.45) is 0 Å². The number of carbonyl (C=O) groups excluding carboxylic acids is 1. The molecule has 0 saturated heterocycles. The third kappa shape index (κ3) is 4.33. The third-order valence-electron chi connectivity index (χ3n) is 3.22. The maximum Gasteiger partial charge on any atom is 0.271 e. The van der Waals surface area contributed by atoms with Crippen molar-refractivity contribution < 1.29 is 19.6 Å². The van der Waals surface area contributed by atoms with Gasteiger partial charge in [0.25, 0.3) is 11.6 Å². The molecular formula is C17H13N3O5. The summed E-state index contributed by atoms with van der Waals surface area (Å²) in [5.74, 6) is -0.484. The Labute approximate surface area is 142 Å². The molecular weight excluding hydrogens is 326 g/mol. The van der Waals surface area contributed by atoms with Gasteiger partial charge >= 0.3 is 0 Å². The van der Waals surface area contributed by atoms with Crippen LogP contribution in [0.5, 0.6) is 11.5 Å². The number of phenolic OH excluding ortho intramolecular Hbond substituents is 1. The van der Waals surface area contributed by atoms with E-state index < -0.39 is 10.8 Å². The van der Waals surface area contributed by atoms with Crippen LogP contribution in [0.15, 0.2) is 48.0 Å². The lowest BCUT2D eigenvalue weighted by Crippen LogP contribution is -2.13. The molecule has 8 heteroatoms. The molecule has 25 heavy (non-hydrogen) atoms. The highest BCUT2D eigenvalue weighted by atomic mass is 16.6. The molecule has 0 aliphatic carbocycles. The summed E-state index contributed by atoms with van der Waals surface area (Å²) in [5, 5.41) is 32.2. The van der Waals surface area contributed by atoms with Crippen LogP contribution in [-0.4, -0.2) is 23.0 Å². The number of carbonyl (C=O) groups is 1. The Hall–Kier alpha value is -3.86. The number of amides is 1. The standard InChI is InChI=1S/C17H13N3O5/c1-25-15-6-5-11(16(21)9-15)7-12(10-18)17(22)19-13-3-2-4-14(8-13)20(23)24/h2-9,21H,1H3,(H,19,22)/b12-7+. The van der Waals surface area contributed by atoms with Gasteiger partial charge in [-0.15, -0.1) is 0 Å². The van der Waals surface area contributed by atoms with Gasteiger partial charge in [-0.1, -0.05) is 6.07 Å². The van der Waals surface area contributed by atoms with Crippen molar-refractivity contribution in [2.75, 3.05) is 12.4 Å². The molecule has 2 aromatic carbocycles. The zero-order chi connectivity index (χ0) is 18.4. The number of anilines is 1. The molecule has 0 bridgehead atoms. The molecule has 1 amide bonds. The molecule has 2 aromatic rings. The molecule has 0 saturated carbocycles. The molecule has 8 nitrogen and oxygen atoms in total. The van der Waals surface area contributed by atoms with Crippen molar-refractivity contribution in [3.63, 3.8) is 0 Å². The van der Waals surface area contributed by atoms with Crippen LogP contribution in [0.2, 0.25) is 0 Å². The molecule has 0 fully saturated rings. The summed E-state index contributed by atoms with van der Waals surface area (Å²) < 4.78 is 4.96. The number of ether oxygens (including phenoxy) is 1. The average Bonchev–Trinajstić information content (AvgIpc) is 2.60. The lowest BCUT2D eigenvalue weighted by molar-refractivity contribution is -0.384. The molecule has 0 heterocycles. The van der Waals surface area contributed by atoms with Crippen LogP contribution in [0.25, 0.3) is 6.08 Å². The van der Waals surface area contributed by atoms with Crippen LogP contribution >= 0.6 is 0 Å². The quantitative estimate of drug-likeness (QED) is 0.373. The summed E-state index contributed by atoms with van der Waals surface area (Å²) in [6.45, 7) is 0. The van der Waals surface area contributed by atoms with Gasteiger partial charge < -0.3 is 15.2 Å². The number of nitriles is 1. The Morgan fingerprint density at radius 1 is 1.36 bits per heavy atom. The van der Waals surface area contributed by atoms with E-state index in [1.54, 1.807) is 12.1 Å².